The summed E-state index contributed by atoms with van der Waals surface area (Å²) in [5.74, 6) is -0.575. The van der Waals surface area contributed by atoms with Crippen LogP contribution in [0.2, 0.25) is 0 Å². The van der Waals surface area contributed by atoms with Gasteiger partial charge in [-0.15, -0.1) is 0 Å². The van der Waals surface area contributed by atoms with Crippen molar-refractivity contribution in [1.29, 1.82) is 10.5 Å². The Bertz CT molecular complexity index is 1390. The van der Waals surface area contributed by atoms with Crippen molar-refractivity contribution < 1.29 is 18.7 Å². The second-order valence-electron chi connectivity index (χ2n) is 8.48. The fourth-order valence-corrected chi connectivity index (χ4v) is 4.10. The summed E-state index contributed by atoms with van der Waals surface area (Å²) in [6, 6.07) is 9.44. The van der Waals surface area contributed by atoms with Gasteiger partial charge < -0.3 is 23.6 Å². The van der Waals surface area contributed by atoms with E-state index in [1.165, 1.54) is 6.08 Å². The van der Waals surface area contributed by atoms with E-state index < -0.39 is 18.5 Å². The number of aromatic nitrogens is 2. The number of amides is 1. The Labute approximate surface area is 210 Å². The summed E-state index contributed by atoms with van der Waals surface area (Å²) in [4.78, 5) is 25.2. The molecule has 0 aliphatic rings. The van der Waals surface area contributed by atoms with Crippen LogP contribution in [0.5, 0.6) is 0 Å². The molecule has 0 unspecified atom stereocenters. The van der Waals surface area contributed by atoms with Gasteiger partial charge in [0.2, 0.25) is 0 Å². The molecule has 0 atom stereocenters. The number of furan rings is 1. The summed E-state index contributed by atoms with van der Waals surface area (Å²) >= 11 is 0. The largest absolute Gasteiger partial charge is 0.467 e. The molecule has 0 radical (unpaired) electrons. The predicted octanol–water partition coefficient (Wildman–Crippen LogP) is 4.54. The van der Waals surface area contributed by atoms with Crippen LogP contribution in [-0.2, 0) is 27.4 Å². The molecule has 3 rings (SSSR count). The molecule has 0 spiro atoms. The van der Waals surface area contributed by atoms with Gasteiger partial charge in [-0.25, -0.2) is 4.79 Å². The first-order valence-electron chi connectivity index (χ1n) is 11.6. The summed E-state index contributed by atoms with van der Waals surface area (Å²) in [7, 11) is 0. The van der Waals surface area contributed by atoms with Crippen LogP contribution < -0.4 is 5.32 Å². The third-order valence-corrected chi connectivity index (χ3v) is 6.13. The Balaban J connectivity index is 1.74. The maximum absolute atomic E-state index is 12.7. The first-order valence-corrected chi connectivity index (χ1v) is 11.6. The lowest BCUT2D eigenvalue weighted by molar-refractivity contribution is -0.142. The Morgan fingerprint density at radius 1 is 1.17 bits per heavy atom. The van der Waals surface area contributed by atoms with Gasteiger partial charge in [-0.05, 0) is 69.5 Å². The molecule has 0 fully saturated rings. The second kappa shape index (κ2) is 11.3. The van der Waals surface area contributed by atoms with E-state index in [4.69, 9.17) is 9.15 Å². The lowest BCUT2D eigenvalue weighted by atomic mass is 10.1. The van der Waals surface area contributed by atoms with Crippen LogP contribution in [0.4, 0.5) is 5.82 Å². The number of hydrogen-bond acceptors (Lipinski definition) is 6. The van der Waals surface area contributed by atoms with Crippen molar-refractivity contribution >= 4 is 23.8 Å². The molecule has 1 N–H and O–H groups in total. The average molecular weight is 488 g/mol. The lowest BCUT2D eigenvalue weighted by Crippen LogP contribution is -2.23. The molecule has 9 nitrogen and oxygen atoms in total. The van der Waals surface area contributed by atoms with E-state index >= 15 is 0 Å². The highest BCUT2D eigenvalue weighted by Gasteiger charge is 2.22. The number of anilines is 1. The normalized spacial score (nSPS) is 11.1. The first-order chi connectivity index (χ1) is 17.2. The van der Waals surface area contributed by atoms with Gasteiger partial charge in [0.1, 0.15) is 29.3 Å². The molecule has 0 aliphatic carbocycles. The van der Waals surface area contributed by atoms with Crippen molar-refractivity contribution in [2.24, 2.45) is 0 Å². The summed E-state index contributed by atoms with van der Waals surface area (Å²) in [6.45, 7) is 10.2. The van der Waals surface area contributed by atoms with E-state index in [0.717, 1.165) is 41.2 Å². The molecule has 0 bridgehead atoms. The molecule has 0 saturated heterocycles. The number of carbonyl (C=O) groups excluding carboxylic acids is 2. The number of nitrogens with one attached hydrogen (secondary N) is 1. The number of nitriles is 2. The van der Waals surface area contributed by atoms with Crippen molar-refractivity contribution in [3.63, 3.8) is 0 Å². The zero-order valence-electron chi connectivity index (χ0n) is 21.1. The van der Waals surface area contributed by atoms with Gasteiger partial charge in [-0.3, -0.25) is 4.79 Å². The number of rotatable bonds is 9. The van der Waals surface area contributed by atoms with Gasteiger partial charge in [0.05, 0.1) is 18.4 Å². The highest BCUT2D eigenvalue weighted by molar-refractivity contribution is 6.00. The summed E-state index contributed by atoms with van der Waals surface area (Å²) in [6.07, 6.45) is 3.98. The third kappa shape index (κ3) is 5.42. The lowest BCUT2D eigenvalue weighted by Gasteiger charge is -2.12. The molecule has 186 valence electrons. The number of hydrogen-bond donors (Lipinski definition) is 1. The van der Waals surface area contributed by atoms with Crippen molar-refractivity contribution in [1.82, 2.24) is 9.13 Å². The topological polar surface area (TPSA) is 126 Å². The van der Waals surface area contributed by atoms with Gasteiger partial charge in [-0.2, -0.15) is 10.5 Å². The molecule has 0 aliphatic heterocycles. The minimum absolute atomic E-state index is 0.204. The minimum Gasteiger partial charge on any atom is -0.467 e. The third-order valence-electron chi connectivity index (χ3n) is 6.13. The fraction of sp³-hybridized carbons (Fsp3) is 0.333. The van der Waals surface area contributed by atoms with E-state index in [-0.39, 0.29) is 5.57 Å². The van der Waals surface area contributed by atoms with Gasteiger partial charge in [0.15, 0.2) is 6.61 Å². The molecular weight excluding hydrogens is 458 g/mol. The van der Waals surface area contributed by atoms with E-state index in [9.17, 15) is 20.1 Å². The quantitative estimate of drug-likeness (QED) is 0.268. The number of carbonyl (C=O) groups is 2. The summed E-state index contributed by atoms with van der Waals surface area (Å²) < 4.78 is 14.4. The minimum atomic E-state index is -0.896. The van der Waals surface area contributed by atoms with E-state index in [0.29, 0.717) is 23.7 Å². The van der Waals surface area contributed by atoms with E-state index in [1.54, 1.807) is 29.9 Å². The SMILES string of the molecule is CCCn1c(C)cc(/C=C(\C#N)C(=O)OCC(=O)Nc2c(C#N)c(C)c(C)n2Cc2ccco2)c1C. The Hall–Kier alpha value is -4.50. The number of esters is 1. The zero-order valence-corrected chi connectivity index (χ0v) is 21.1. The van der Waals surface area contributed by atoms with Crippen molar-refractivity contribution in [3.05, 3.63) is 69.6 Å². The van der Waals surface area contributed by atoms with Crippen molar-refractivity contribution in [2.45, 2.75) is 54.1 Å². The molecule has 3 aromatic heterocycles. The molecule has 36 heavy (non-hydrogen) atoms. The van der Waals surface area contributed by atoms with Crippen LogP contribution in [0.1, 0.15) is 52.9 Å². The number of nitrogens with zero attached hydrogens (tertiary/aromatic N) is 4. The Morgan fingerprint density at radius 3 is 2.53 bits per heavy atom. The van der Waals surface area contributed by atoms with Gasteiger partial charge >= 0.3 is 5.97 Å². The summed E-state index contributed by atoms with van der Waals surface area (Å²) in [5, 5.41) is 21.8. The number of ether oxygens (including phenoxy) is 1. The van der Waals surface area contributed by atoms with Crippen LogP contribution in [0, 0.1) is 50.4 Å². The van der Waals surface area contributed by atoms with Crippen molar-refractivity contribution in [2.75, 3.05) is 11.9 Å². The maximum atomic E-state index is 12.7. The van der Waals surface area contributed by atoms with Crippen LogP contribution in [-0.4, -0.2) is 27.6 Å². The first kappa shape index (κ1) is 26.1. The molecule has 1 amide bonds. The highest BCUT2D eigenvalue weighted by atomic mass is 16.5. The Morgan fingerprint density at radius 2 is 1.92 bits per heavy atom. The molecule has 9 heteroatoms. The van der Waals surface area contributed by atoms with Crippen LogP contribution in [0.15, 0.2) is 34.5 Å². The molecular formula is C27H29N5O4. The maximum Gasteiger partial charge on any atom is 0.349 e. The summed E-state index contributed by atoms with van der Waals surface area (Å²) in [5.41, 5.74) is 4.36. The fourth-order valence-electron chi connectivity index (χ4n) is 4.10. The predicted molar refractivity (Wildman–Crippen MR) is 134 cm³/mol. The monoisotopic (exact) mass is 487 g/mol. The average Bonchev–Trinajstić information content (AvgIpc) is 3.52. The zero-order chi connectivity index (χ0) is 26.4. The Kier molecular flexibility index (Phi) is 8.18. The van der Waals surface area contributed by atoms with Crippen LogP contribution in [0.25, 0.3) is 6.08 Å². The van der Waals surface area contributed by atoms with E-state index in [1.807, 2.05) is 32.9 Å². The molecule has 0 saturated carbocycles. The van der Waals surface area contributed by atoms with Gasteiger partial charge in [0, 0.05) is 23.6 Å². The highest BCUT2D eigenvalue weighted by Crippen LogP contribution is 2.27. The van der Waals surface area contributed by atoms with E-state index in [2.05, 4.69) is 22.9 Å². The van der Waals surface area contributed by atoms with Gasteiger partial charge in [-0.1, -0.05) is 6.92 Å². The standard InChI is InChI=1S/C27H29N5O4/c1-6-9-31-17(2)11-21(20(31)5)12-22(13-28)27(34)36-16-25(33)30-26-24(14-29)18(3)19(4)32(26)15-23-8-7-10-35-23/h7-8,10-12H,6,9,15-16H2,1-5H3,(H,30,33)/b22-12+. The second-order valence-corrected chi connectivity index (χ2v) is 8.48. The number of aryl methyl sites for hydroxylation is 1. The van der Waals surface area contributed by atoms with Gasteiger partial charge in [0.25, 0.3) is 5.91 Å². The van der Waals surface area contributed by atoms with Crippen molar-refractivity contribution in [3.8, 4) is 12.1 Å². The smallest absolute Gasteiger partial charge is 0.349 e. The molecule has 3 heterocycles. The van der Waals surface area contributed by atoms with Crippen LogP contribution in [0.3, 0.4) is 0 Å². The molecule has 3 aromatic rings. The molecule has 0 aromatic carbocycles. The van der Waals surface area contributed by atoms with Crippen LogP contribution >= 0.6 is 0 Å².